The van der Waals surface area contributed by atoms with E-state index in [1.54, 1.807) is 75.0 Å². The molecule has 0 aliphatic heterocycles. The number of aromatic nitrogens is 2. The van der Waals surface area contributed by atoms with Crippen molar-refractivity contribution in [2.24, 2.45) is 0 Å². The highest BCUT2D eigenvalue weighted by molar-refractivity contribution is 6.32. The topological polar surface area (TPSA) is 228 Å². The van der Waals surface area contributed by atoms with E-state index in [2.05, 4.69) is 32.7 Å². The number of hydrogen-bond acceptors (Lipinski definition) is 14. The zero-order valence-electron chi connectivity index (χ0n) is 46.9. The first-order valence-corrected chi connectivity index (χ1v) is 27.9. The predicted octanol–water partition coefficient (Wildman–Crippen LogP) is 12.7. The number of aliphatic carboxylic acids is 2. The van der Waals surface area contributed by atoms with Crippen molar-refractivity contribution in [1.29, 1.82) is 10.8 Å². The molecule has 434 valence electrons. The highest BCUT2D eigenvalue weighted by Gasteiger charge is 2.28. The van der Waals surface area contributed by atoms with Gasteiger partial charge in [-0.1, -0.05) is 120 Å². The summed E-state index contributed by atoms with van der Waals surface area (Å²) in [5.41, 5.74) is 11.4. The number of hydrogen-bond donors (Lipinski definition) is 6. The lowest BCUT2D eigenvalue weighted by molar-refractivity contribution is -0.145. The second-order valence-corrected chi connectivity index (χ2v) is 20.9. The first-order chi connectivity index (χ1) is 40.7. The van der Waals surface area contributed by atoms with E-state index in [0.717, 1.165) is 55.6 Å². The Bertz CT molecular complexity index is 3320. The van der Waals surface area contributed by atoms with E-state index < -0.39 is 36.2 Å². The number of halogens is 2. The zero-order chi connectivity index (χ0) is 59.5. The molecule has 0 bridgehead atoms. The van der Waals surface area contributed by atoms with Crippen LogP contribution in [0.3, 0.4) is 0 Å². The molecule has 18 heteroatoms. The van der Waals surface area contributed by atoms with E-state index in [1.165, 1.54) is 12.4 Å². The van der Waals surface area contributed by atoms with Gasteiger partial charge in [0.15, 0.2) is 0 Å². The average molecular weight is 1170 g/mol. The molecule has 0 saturated carbocycles. The van der Waals surface area contributed by atoms with Crippen molar-refractivity contribution < 1.29 is 48.2 Å². The fourth-order valence-corrected chi connectivity index (χ4v) is 9.77. The Morgan fingerprint density at radius 1 is 0.488 bits per heavy atom. The highest BCUT2D eigenvalue weighted by atomic mass is 35.5. The van der Waals surface area contributed by atoms with Crippen LogP contribution in [0.1, 0.15) is 80.6 Å². The van der Waals surface area contributed by atoms with Crippen LogP contribution >= 0.6 is 23.2 Å². The lowest BCUT2D eigenvalue weighted by Crippen LogP contribution is -2.45. The molecule has 0 radical (unpaired) electrons. The minimum atomic E-state index is -1.08. The van der Waals surface area contributed by atoms with Gasteiger partial charge in [-0.15, -0.1) is 0 Å². The molecule has 0 aliphatic rings. The van der Waals surface area contributed by atoms with Gasteiger partial charge in [0.2, 0.25) is 0 Å². The molecule has 0 amide bonds. The van der Waals surface area contributed by atoms with Crippen molar-refractivity contribution in [3.63, 3.8) is 0 Å². The summed E-state index contributed by atoms with van der Waals surface area (Å²) in [6.07, 6.45) is 7.50. The van der Waals surface area contributed by atoms with Gasteiger partial charge in [0.1, 0.15) is 61.5 Å². The van der Waals surface area contributed by atoms with Crippen molar-refractivity contribution in [1.82, 2.24) is 20.6 Å². The number of carboxylic acids is 2. The predicted molar refractivity (Wildman–Crippen MR) is 324 cm³/mol. The fourth-order valence-electron chi connectivity index (χ4n) is 9.29. The third-order valence-corrected chi connectivity index (χ3v) is 14.7. The molecule has 4 atom stereocenters. The number of nitrogens with one attached hydrogen (secondary N) is 4. The summed E-state index contributed by atoms with van der Waals surface area (Å²) < 4.78 is 37.7. The SMILES string of the molecule is Cc1c(COc2cc(OCc3cncc(C=N)c3)c(CN[C@H](C(=O)O)[C@@H](C)OCc3ccccc3)cc2Cl)cccc1-c1cccc(COc2cc(OCc3cncc(C=N)c3)c(CN[C@H](C(=O)O)[C@@H](C)OCc3ccccc3)cc2Cl)c1C. The molecule has 8 rings (SSSR count). The Morgan fingerprint density at radius 2 is 0.881 bits per heavy atom. The number of nitrogens with zero attached hydrogens (tertiary/aromatic N) is 2. The third kappa shape index (κ3) is 16.8. The van der Waals surface area contributed by atoms with Crippen molar-refractivity contribution in [2.45, 2.75) is 105 Å². The lowest BCUT2D eigenvalue weighted by atomic mass is 9.92. The van der Waals surface area contributed by atoms with Crippen molar-refractivity contribution in [3.8, 4) is 34.1 Å². The van der Waals surface area contributed by atoms with Gasteiger partial charge >= 0.3 is 11.9 Å². The molecule has 0 saturated heterocycles. The Labute approximate surface area is 498 Å². The summed E-state index contributed by atoms with van der Waals surface area (Å²) in [4.78, 5) is 33.6. The van der Waals surface area contributed by atoms with Crippen LogP contribution in [-0.2, 0) is 71.8 Å². The molecule has 2 heterocycles. The molecular formula is C66H66Cl2N6O10. The van der Waals surface area contributed by atoms with Crippen LogP contribution in [0.2, 0.25) is 10.0 Å². The first-order valence-electron chi connectivity index (χ1n) is 27.1. The molecule has 0 spiro atoms. The monoisotopic (exact) mass is 1170 g/mol. The number of pyridine rings is 2. The summed E-state index contributed by atoms with van der Waals surface area (Å²) >= 11 is 13.9. The van der Waals surface area contributed by atoms with Gasteiger partial charge in [0.25, 0.3) is 0 Å². The molecule has 16 nitrogen and oxygen atoms in total. The fraction of sp³-hybridized carbons (Fsp3) is 0.242. The minimum absolute atomic E-state index is 0.0745. The zero-order valence-corrected chi connectivity index (χ0v) is 48.5. The molecule has 6 N–H and O–H groups in total. The van der Waals surface area contributed by atoms with Gasteiger partial charge in [-0.2, -0.15) is 0 Å². The molecule has 84 heavy (non-hydrogen) atoms. The normalized spacial score (nSPS) is 12.6. The second kappa shape index (κ2) is 30.2. The standard InChI is InChI=1S/C66H66Cl2N6O10/c1-41-51(39-83-61-25-59(81-37-49-21-47(27-69)29-71-31-49)53(23-57(61)67)33-73-63(65(75)76)43(3)79-35-45-13-7-5-8-14-45)17-11-19-55(41)56-20-12-18-52(42(56)2)40-84-62-26-60(82-38-50-22-48(28-70)30-72-32-50)54(24-58(62)68)34-74-64(66(77)78)44(4)80-36-46-15-9-6-10-16-46/h5-32,43-44,63-64,69-70,73-74H,33-40H2,1-4H3,(H,75,76)(H,77,78)/t43-,44-,63+,64+/m1/s1. The summed E-state index contributed by atoms with van der Waals surface area (Å²) in [6, 6.07) is 39.4. The molecule has 2 aromatic heterocycles. The molecule has 0 aliphatic carbocycles. The number of carbonyl (C=O) groups is 2. The van der Waals surface area contributed by atoms with Crippen LogP contribution in [0.15, 0.2) is 158 Å². The number of ether oxygens (including phenoxy) is 6. The van der Waals surface area contributed by atoms with Crippen LogP contribution in [-0.4, -0.2) is 68.8 Å². The summed E-state index contributed by atoms with van der Waals surface area (Å²) in [6.45, 7) is 8.64. The Balaban J connectivity index is 0.980. The Kier molecular flexibility index (Phi) is 22.1. The van der Waals surface area contributed by atoms with Crippen molar-refractivity contribution in [3.05, 3.63) is 235 Å². The Morgan fingerprint density at radius 3 is 1.26 bits per heavy atom. The van der Waals surface area contributed by atoms with E-state index in [4.69, 9.17) is 62.4 Å². The van der Waals surface area contributed by atoms with Crippen LogP contribution < -0.4 is 29.6 Å². The van der Waals surface area contributed by atoms with Crippen molar-refractivity contribution in [2.75, 3.05) is 0 Å². The molecule has 0 fully saturated rings. The van der Waals surface area contributed by atoms with Crippen molar-refractivity contribution >= 4 is 47.6 Å². The highest BCUT2D eigenvalue weighted by Crippen LogP contribution is 2.38. The van der Waals surface area contributed by atoms with Crippen LogP contribution in [0, 0.1) is 24.7 Å². The average Bonchev–Trinajstić information content (AvgIpc) is 3.70. The molecule has 0 unspecified atom stereocenters. The number of benzene rings is 6. The maximum atomic E-state index is 12.5. The van der Waals surface area contributed by atoms with Crippen LogP contribution in [0.25, 0.3) is 11.1 Å². The number of rotatable bonds is 31. The molecule has 6 aromatic carbocycles. The summed E-state index contributed by atoms with van der Waals surface area (Å²) in [5, 5.41) is 42.8. The number of carboxylic acid groups (broad SMARTS) is 2. The maximum absolute atomic E-state index is 12.5. The van der Waals surface area contributed by atoms with Gasteiger partial charge in [-0.3, -0.25) is 30.2 Å². The van der Waals surface area contributed by atoms with Gasteiger partial charge in [0.05, 0.1) is 35.5 Å². The second-order valence-electron chi connectivity index (χ2n) is 20.1. The minimum Gasteiger partial charge on any atom is -0.488 e. The van der Waals surface area contributed by atoms with Gasteiger partial charge in [0, 0.05) is 95.8 Å². The first kappa shape index (κ1) is 61.6. The summed E-state index contributed by atoms with van der Waals surface area (Å²) in [7, 11) is 0. The largest absolute Gasteiger partial charge is 0.488 e. The Hall–Kier alpha value is -8.48. The van der Waals surface area contributed by atoms with E-state index >= 15 is 0 Å². The van der Waals surface area contributed by atoms with Crippen LogP contribution in [0.4, 0.5) is 0 Å². The van der Waals surface area contributed by atoms with Gasteiger partial charge < -0.3 is 49.5 Å². The van der Waals surface area contributed by atoms with E-state index in [0.29, 0.717) is 55.3 Å². The lowest BCUT2D eigenvalue weighted by Gasteiger charge is -2.23. The molecule has 8 aromatic rings. The van der Waals surface area contributed by atoms with E-state index in [1.807, 2.05) is 98.8 Å². The van der Waals surface area contributed by atoms with E-state index in [9.17, 15) is 19.8 Å². The maximum Gasteiger partial charge on any atom is 0.323 e. The smallest absolute Gasteiger partial charge is 0.323 e. The molecular weight excluding hydrogens is 1110 g/mol. The summed E-state index contributed by atoms with van der Waals surface area (Å²) in [5.74, 6) is -0.633. The van der Waals surface area contributed by atoms with E-state index in [-0.39, 0.29) is 52.7 Å². The third-order valence-electron chi connectivity index (χ3n) is 14.1. The van der Waals surface area contributed by atoms with Crippen LogP contribution in [0.5, 0.6) is 23.0 Å². The van der Waals surface area contributed by atoms with Gasteiger partial charge in [-0.05, 0) is 96.5 Å². The van der Waals surface area contributed by atoms with Gasteiger partial charge in [-0.25, -0.2) is 0 Å². The quantitative estimate of drug-likeness (QED) is 0.0222.